The molecule has 2 aromatic rings. The van der Waals surface area contributed by atoms with Crippen LogP contribution in [0.5, 0.6) is 5.75 Å². The molecule has 0 saturated heterocycles. The fourth-order valence-electron chi connectivity index (χ4n) is 2.39. The average molecular weight is 270 g/mol. The first-order chi connectivity index (χ1) is 9.63. The van der Waals surface area contributed by atoms with Crippen molar-refractivity contribution >= 4 is 0 Å². The van der Waals surface area contributed by atoms with Gasteiger partial charge in [-0.05, 0) is 38.0 Å². The summed E-state index contributed by atoms with van der Waals surface area (Å²) in [5, 5.41) is 10.1. The van der Waals surface area contributed by atoms with Crippen molar-refractivity contribution in [2.75, 3.05) is 6.61 Å². The smallest absolute Gasteiger partial charge is 0.119 e. The van der Waals surface area contributed by atoms with Crippen LogP contribution in [0.4, 0.5) is 0 Å². The molecule has 0 aliphatic rings. The van der Waals surface area contributed by atoms with Gasteiger partial charge in [-0.2, -0.15) is 0 Å². The molecule has 20 heavy (non-hydrogen) atoms. The highest BCUT2D eigenvalue weighted by Crippen LogP contribution is 2.13. The molecule has 0 bridgehead atoms. The lowest BCUT2D eigenvalue weighted by Crippen LogP contribution is -2.15. The third-order valence-electron chi connectivity index (χ3n) is 3.22. The zero-order chi connectivity index (χ0) is 14.4. The van der Waals surface area contributed by atoms with Gasteiger partial charge in [0.2, 0.25) is 0 Å². The maximum atomic E-state index is 10.1. The Morgan fingerprint density at radius 3 is 2.30 bits per heavy atom. The number of benzene rings is 2. The van der Waals surface area contributed by atoms with E-state index in [1.54, 1.807) is 0 Å². The van der Waals surface area contributed by atoms with Crippen LogP contribution in [0.15, 0.2) is 48.5 Å². The molecule has 0 heterocycles. The average Bonchev–Trinajstić information content (AvgIpc) is 2.38. The quantitative estimate of drug-likeness (QED) is 0.867. The van der Waals surface area contributed by atoms with Crippen LogP contribution in [0.1, 0.15) is 23.1 Å². The van der Waals surface area contributed by atoms with Gasteiger partial charge in [-0.3, -0.25) is 0 Å². The first-order valence-corrected chi connectivity index (χ1v) is 7.06. The normalized spacial score (nSPS) is 12.2. The molecule has 0 saturated carbocycles. The summed E-state index contributed by atoms with van der Waals surface area (Å²) in [5.74, 6) is 0.853. The van der Waals surface area contributed by atoms with Crippen molar-refractivity contribution in [3.63, 3.8) is 0 Å². The second-order valence-corrected chi connectivity index (χ2v) is 5.30. The minimum Gasteiger partial charge on any atom is -0.493 e. The van der Waals surface area contributed by atoms with E-state index in [1.807, 2.05) is 30.3 Å². The van der Waals surface area contributed by atoms with E-state index in [2.05, 4.69) is 32.0 Å². The van der Waals surface area contributed by atoms with Gasteiger partial charge in [0.1, 0.15) is 5.75 Å². The molecular formula is C18H22O2. The molecule has 1 unspecified atom stereocenters. The van der Waals surface area contributed by atoms with Crippen LogP contribution in [-0.2, 0) is 6.42 Å². The summed E-state index contributed by atoms with van der Waals surface area (Å²) in [6.45, 7) is 4.71. The third kappa shape index (κ3) is 4.71. The fourth-order valence-corrected chi connectivity index (χ4v) is 2.39. The second-order valence-electron chi connectivity index (χ2n) is 5.30. The number of aliphatic hydroxyl groups is 1. The largest absolute Gasteiger partial charge is 0.493 e. The molecule has 1 N–H and O–H groups in total. The van der Waals surface area contributed by atoms with Crippen molar-refractivity contribution in [3.05, 3.63) is 65.2 Å². The molecule has 0 amide bonds. The van der Waals surface area contributed by atoms with Gasteiger partial charge in [-0.1, -0.05) is 47.5 Å². The molecule has 0 aromatic heterocycles. The molecule has 1 atom stereocenters. The van der Waals surface area contributed by atoms with E-state index in [0.717, 1.165) is 5.75 Å². The van der Waals surface area contributed by atoms with Crippen molar-refractivity contribution in [1.82, 2.24) is 0 Å². The lowest BCUT2D eigenvalue weighted by Gasteiger charge is -2.12. The van der Waals surface area contributed by atoms with Crippen LogP contribution in [0.3, 0.4) is 0 Å². The minimum absolute atomic E-state index is 0.361. The Labute approximate surface area is 121 Å². The van der Waals surface area contributed by atoms with Crippen molar-refractivity contribution in [1.29, 1.82) is 0 Å². The molecular weight excluding hydrogens is 248 g/mol. The number of aryl methyl sites for hydroxylation is 2. The van der Waals surface area contributed by atoms with E-state index < -0.39 is 0 Å². The van der Waals surface area contributed by atoms with E-state index in [1.165, 1.54) is 16.7 Å². The van der Waals surface area contributed by atoms with Gasteiger partial charge < -0.3 is 9.84 Å². The van der Waals surface area contributed by atoms with Crippen molar-refractivity contribution in [2.24, 2.45) is 0 Å². The summed E-state index contributed by atoms with van der Waals surface area (Å²) in [5.41, 5.74) is 3.68. The summed E-state index contributed by atoms with van der Waals surface area (Å²) in [6.07, 6.45) is 0.961. The van der Waals surface area contributed by atoms with Crippen LogP contribution in [0.2, 0.25) is 0 Å². The monoisotopic (exact) mass is 270 g/mol. The predicted molar refractivity (Wildman–Crippen MR) is 82.2 cm³/mol. The molecule has 2 rings (SSSR count). The lowest BCUT2D eigenvalue weighted by molar-refractivity contribution is 0.139. The molecule has 0 aliphatic carbocycles. The Kier molecular flexibility index (Phi) is 5.19. The number of hydrogen-bond acceptors (Lipinski definition) is 2. The predicted octanol–water partition coefficient (Wildman–Crippen LogP) is 3.68. The van der Waals surface area contributed by atoms with E-state index in [9.17, 15) is 5.11 Å². The van der Waals surface area contributed by atoms with Crippen LogP contribution >= 0.6 is 0 Å². The van der Waals surface area contributed by atoms with Gasteiger partial charge in [0, 0.05) is 6.42 Å². The Bertz CT molecular complexity index is 514. The first kappa shape index (κ1) is 14.6. The molecule has 106 valence electrons. The lowest BCUT2D eigenvalue weighted by atomic mass is 10.0. The van der Waals surface area contributed by atoms with Crippen molar-refractivity contribution in [2.45, 2.75) is 32.8 Å². The fraction of sp³-hybridized carbons (Fsp3) is 0.333. The number of aliphatic hydroxyl groups excluding tert-OH is 1. The maximum Gasteiger partial charge on any atom is 0.119 e. The van der Waals surface area contributed by atoms with Crippen molar-refractivity contribution < 1.29 is 9.84 Å². The van der Waals surface area contributed by atoms with E-state index in [4.69, 9.17) is 4.74 Å². The summed E-state index contributed by atoms with van der Waals surface area (Å²) in [7, 11) is 0. The standard InChI is InChI=1S/C18H22O2/c1-14-10-15(2)12-16(11-14)13-17(19)8-9-20-18-6-4-3-5-7-18/h3-7,10-12,17,19H,8-9,13H2,1-2H3. The maximum absolute atomic E-state index is 10.1. The Hall–Kier alpha value is -1.80. The topological polar surface area (TPSA) is 29.5 Å². The third-order valence-corrected chi connectivity index (χ3v) is 3.22. The molecule has 0 radical (unpaired) electrons. The number of rotatable bonds is 6. The molecule has 0 spiro atoms. The highest BCUT2D eigenvalue weighted by Gasteiger charge is 2.07. The van der Waals surface area contributed by atoms with E-state index >= 15 is 0 Å². The van der Waals surface area contributed by atoms with Gasteiger partial charge in [-0.15, -0.1) is 0 Å². The summed E-state index contributed by atoms with van der Waals surface area (Å²) in [4.78, 5) is 0. The van der Waals surface area contributed by atoms with Gasteiger partial charge in [0.15, 0.2) is 0 Å². The highest BCUT2D eigenvalue weighted by atomic mass is 16.5. The van der Waals surface area contributed by atoms with Crippen LogP contribution < -0.4 is 4.74 Å². The Morgan fingerprint density at radius 1 is 1.00 bits per heavy atom. The molecule has 2 heteroatoms. The van der Waals surface area contributed by atoms with Crippen LogP contribution in [-0.4, -0.2) is 17.8 Å². The van der Waals surface area contributed by atoms with Gasteiger partial charge >= 0.3 is 0 Å². The Morgan fingerprint density at radius 2 is 1.65 bits per heavy atom. The van der Waals surface area contributed by atoms with Gasteiger partial charge in [0.25, 0.3) is 0 Å². The van der Waals surface area contributed by atoms with Gasteiger partial charge in [-0.25, -0.2) is 0 Å². The van der Waals surface area contributed by atoms with Crippen molar-refractivity contribution in [3.8, 4) is 5.75 Å². The van der Waals surface area contributed by atoms with E-state index in [-0.39, 0.29) is 6.10 Å². The highest BCUT2D eigenvalue weighted by molar-refractivity contribution is 5.29. The van der Waals surface area contributed by atoms with Crippen LogP contribution in [0, 0.1) is 13.8 Å². The zero-order valence-electron chi connectivity index (χ0n) is 12.2. The molecule has 2 nitrogen and oxygen atoms in total. The SMILES string of the molecule is Cc1cc(C)cc(CC(O)CCOc2ccccc2)c1. The summed E-state index contributed by atoms with van der Waals surface area (Å²) < 4.78 is 5.60. The van der Waals surface area contributed by atoms with Crippen LogP contribution in [0.25, 0.3) is 0 Å². The Balaban J connectivity index is 1.79. The van der Waals surface area contributed by atoms with Gasteiger partial charge in [0.05, 0.1) is 12.7 Å². The second kappa shape index (κ2) is 7.11. The molecule has 0 fully saturated rings. The zero-order valence-corrected chi connectivity index (χ0v) is 12.2. The first-order valence-electron chi connectivity index (χ1n) is 7.06. The number of hydrogen-bond donors (Lipinski definition) is 1. The number of para-hydroxylation sites is 1. The molecule has 2 aromatic carbocycles. The summed E-state index contributed by atoms with van der Waals surface area (Å²) >= 11 is 0. The summed E-state index contributed by atoms with van der Waals surface area (Å²) in [6, 6.07) is 16.1. The van der Waals surface area contributed by atoms with E-state index in [0.29, 0.717) is 19.4 Å². The molecule has 0 aliphatic heterocycles. The minimum atomic E-state index is -0.361. The number of ether oxygens (including phenoxy) is 1.